The number of morpholine rings is 1. The van der Waals surface area contributed by atoms with Crippen molar-refractivity contribution in [3.63, 3.8) is 0 Å². The molecule has 0 saturated carbocycles. The van der Waals surface area contributed by atoms with Gasteiger partial charge >= 0.3 is 0 Å². The van der Waals surface area contributed by atoms with Crippen LogP contribution in [0.5, 0.6) is 0 Å². The second kappa shape index (κ2) is 5.54. The maximum atomic E-state index is 12.2. The van der Waals surface area contributed by atoms with Crippen LogP contribution in [-0.2, 0) is 4.74 Å². The van der Waals surface area contributed by atoms with Crippen molar-refractivity contribution >= 4 is 17.3 Å². The number of nitriles is 1. The largest absolute Gasteiger partial charge is 0.393 e. The molecule has 1 amide bonds. The number of rotatable bonds is 2. The molecule has 0 aliphatic carbocycles. The summed E-state index contributed by atoms with van der Waals surface area (Å²) >= 11 is 0. The summed E-state index contributed by atoms with van der Waals surface area (Å²) in [4.78, 5) is 23.8. The zero-order chi connectivity index (χ0) is 14.7. The fraction of sp³-hybridized carbons (Fsp3) is 0.333. The molecule has 0 aromatic heterocycles. The van der Waals surface area contributed by atoms with Crippen molar-refractivity contribution in [3.8, 4) is 6.07 Å². The summed E-state index contributed by atoms with van der Waals surface area (Å²) in [6.45, 7) is 0.826. The molecule has 2 N–H and O–H groups in total. The molecular formula is C12H12N4O4. The van der Waals surface area contributed by atoms with Crippen molar-refractivity contribution < 1.29 is 14.5 Å². The van der Waals surface area contributed by atoms with Gasteiger partial charge in [-0.15, -0.1) is 0 Å². The quantitative estimate of drug-likeness (QED) is 0.478. The standard InChI is InChI=1S/C12H12N4O4/c13-6-9-7-15(3-4-20-9)12(17)8-1-2-11(16(18)19)10(14)5-8/h1-2,5,9H,3-4,7,14H2. The van der Waals surface area contributed by atoms with Gasteiger partial charge < -0.3 is 15.4 Å². The maximum Gasteiger partial charge on any atom is 0.292 e. The van der Waals surface area contributed by atoms with Crippen LogP contribution in [0.2, 0.25) is 0 Å². The molecule has 1 atom stereocenters. The number of nitro groups is 1. The number of hydrogen-bond acceptors (Lipinski definition) is 6. The third-order valence-corrected chi connectivity index (χ3v) is 2.97. The third kappa shape index (κ3) is 2.67. The Labute approximate surface area is 114 Å². The number of nitro benzene ring substituents is 1. The van der Waals surface area contributed by atoms with Crippen molar-refractivity contribution in [3.05, 3.63) is 33.9 Å². The summed E-state index contributed by atoms with van der Waals surface area (Å²) in [7, 11) is 0. The number of benzene rings is 1. The molecular weight excluding hydrogens is 264 g/mol. The molecule has 104 valence electrons. The van der Waals surface area contributed by atoms with Crippen LogP contribution < -0.4 is 5.73 Å². The first-order valence-electron chi connectivity index (χ1n) is 5.87. The number of hydrogen-bond donors (Lipinski definition) is 1. The van der Waals surface area contributed by atoms with Crippen molar-refractivity contribution in [2.24, 2.45) is 0 Å². The third-order valence-electron chi connectivity index (χ3n) is 2.97. The van der Waals surface area contributed by atoms with Crippen LogP contribution in [0.3, 0.4) is 0 Å². The second-order valence-corrected chi connectivity index (χ2v) is 4.27. The number of nitrogen functional groups attached to an aromatic ring is 1. The minimum absolute atomic E-state index is 0.0639. The van der Waals surface area contributed by atoms with Gasteiger partial charge in [0.05, 0.1) is 24.1 Å². The fourth-order valence-electron chi connectivity index (χ4n) is 1.95. The lowest BCUT2D eigenvalue weighted by Gasteiger charge is -2.29. The molecule has 1 aromatic carbocycles. The van der Waals surface area contributed by atoms with Crippen molar-refractivity contribution in [2.75, 3.05) is 25.4 Å². The van der Waals surface area contributed by atoms with Crippen molar-refractivity contribution in [1.82, 2.24) is 4.90 Å². The average Bonchev–Trinajstić information content (AvgIpc) is 2.46. The summed E-state index contributed by atoms with van der Waals surface area (Å²) in [6.07, 6.45) is -0.650. The van der Waals surface area contributed by atoms with Gasteiger partial charge in [-0.2, -0.15) is 5.26 Å². The van der Waals surface area contributed by atoms with Crippen LogP contribution in [0.25, 0.3) is 0 Å². The second-order valence-electron chi connectivity index (χ2n) is 4.27. The van der Waals surface area contributed by atoms with E-state index >= 15 is 0 Å². The lowest BCUT2D eigenvalue weighted by atomic mass is 10.1. The number of amides is 1. The Kier molecular flexibility index (Phi) is 3.81. The van der Waals surface area contributed by atoms with E-state index in [1.807, 2.05) is 6.07 Å². The SMILES string of the molecule is N#CC1CN(C(=O)c2ccc([N+](=O)[O-])c(N)c2)CCO1. The molecule has 1 aromatic rings. The Morgan fingerprint density at radius 2 is 2.35 bits per heavy atom. The molecule has 8 nitrogen and oxygen atoms in total. The normalized spacial score (nSPS) is 18.4. The fourth-order valence-corrected chi connectivity index (χ4v) is 1.95. The van der Waals surface area contributed by atoms with Crippen LogP contribution in [0.1, 0.15) is 10.4 Å². The molecule has 8 heteroatoms. The maximum absolute atomic E-state index is 12.2. The Balaban J connectivity index is 2.19. The molecule has 1 unspecified atom stereocenters. The number of anilines is 1. The van der Waals surface area contributed by atoms with Gasteiger partial charge in [-0.25, -0.2) is 0 Å². The molecule has 20 heavy (non-hydrogen) atoms. The minimum Gasteiger partial charge on any atom is -0.393 e. The van der Waals surface area contributed by atoms with E-state index in [4.69, 9.17) is 15.7 Å². The molecule has 2 rings (SSSR count). The number of ether oxygens (including phenoxy) is 1. The van der Waals surface area contributed by atoms with E-state index in [1.165, 1.54) is 23.1 Å². The summed E-state index contributed by atoms with van der Waals surface area (Å²) < 4.78 is 5.15. The highest BCUT2D eigenvalue weighted by atomic mass is 16.6. The van der Waals surface area contributed by atoms with E-state index < -0.39 is 11.0 Å². The van der Waals surface area contributed by atoms with Gasteiger partial charge in [0.25, 0.3) is 11.6 Å². The summed E-state index contributed by atoms with van der Waals surface area (Å²) in [5, 5.41) is 19.5. The molecule has 1 fully saturated rings. The molecule has 1 aliphatic heterocycles. The van der Waals surface area contributed by atoms with Gasteiger partial charge in [0.1, 0.15) is 5.69 Å². The Hall–Kier alpha value is -2.66. The van der Waals surface area contributed by atoms with Gasteiger partial charge in [0, 0.05) is 18.2 Å². The van der Waals surface area contributed by atoms with Crippen LogP contribution in [0, 0.1) is 21.4 Å². The highest BCUT2D eigenvalue weighted by molar-refractivity contribution is 5.95. The highest BCUT2D eigenvalue weighted by Crippen LogP contribution is 2.23. The van der Waals surface area contributed by atoms with Crippen LogP contribution >= 0.6 is 0 Å². The van der Waals surface area contributed by atoms with Gasteiger partial charge in [-0.05, 0) is 12.1 Å². The lowest BCUT2D eigenvalue weighted by molar-refractivity contribution is -0.383. The van der Waals surface area contributed by atoms with Crippen LogP contribution in [0.4, 0.5) is 11.4 Å². The van der Waals surface area contributed by atoms with Crippen LogP contribution in [-0.4, -0.2) is 41.5 Å². The van der Waals surface area contributed by atoms with Crippen LogP contribution in [0.15, 0.2) is 18.2 Å². The molecule has 1 aliphatic rings. The zero-order valence-corrected chi connectivity index (χ0v) is 10.5. The van der Waals surface area contributed by atoms with Crippen molar-refractivity contribution in [1.29, 1.82) is 5.26 Å². The molecule has 0 radical (unpaired) electrons. The van der Waals surface area contributed by atoms with E-state index in [-0.39, 0.29) is 36.0 Å². The number of carbonyl (C=O) groups excluding carboxylic acids is 1. The molecule has 1 heterocycles. The zero-order valence-electron chi connectivity index (χ0n) is 10.5. The molecule has 0 bridgehead atoms. The van der Waals surface area contributed by atoms with E-state index in [2.05, 4.69) is 0 Å². The topological polar surface area (TPSA) is 122 Å². The average molecular weight is 276 g/mol. The Bertz CT molecular complexity index is 596. The lowest BCUT2D eigenvalue weighted by Crippen LogP contribution is -2.45. The number of nitrogens with two attached hydrogens (primary N) is 1. The van der Waals surface area contributed by atoms with Gasteiger partial charge in [0.2, 0.25) is 0 Å². The molecule has 1 saturated heterocycles. The van der Waals surface area contributed by atoms with Gasteiger partial charge in [-0.1, -0.05) is 0 Å². The number of nitrogens with zero attached hydrogens (tertiary/aromatic N) is 3. The summed E-state index contributed by atoms with van der Waals surface area (Å²) in [6, 6.07) is 5.77. The Morgan fingerprint density at radius 3 is 2.95 bits per heavy atom. The molecule has 0 spiro atoms. The minimum atomic E-state index is -0.650. The van der Waals surface area contributed by atoms with E-state index in [1.54, 1.807) is 0 Å². The summed E-state index contributed by atoms with van der Waals surface area (Å²) in [5.74, 6) is -0.324. The predicted molar refractivity (Wildman–Crippen MR) is 68.8 cm³/mol. The predicted octanol–water partition coefficient (Wildman–Crippen LogP) is 0.542. The van der Waals surface area contributed by atoms with E-state index in [9.17, 15) is 14.9 Å². The smallest absolute Gasteiger partial charge is 0.292 e. The first-order chi connectivity index (χ1) is 9.52. The van der Waals surface area contributed by atoms with E-state index in [0.29, 0.717) is 6.54 Å². The first-order valence-corrected chi connectivity index (χ1v) is 5.87. The van der Waals surface area contributed by atoms with E-state index in [0.717, 1.165) is 0 Å². The van der Waals surface area contributed by atoms with Gasteiger partial charge in [-0.3, -0.25) is 14.9 Å². The highest BCUT2D eigenvalue weighted by Gasteiger charge is 2.25. The first kappa shape index (κ1) is 13.8. The summed E-state index contributed by atoms with van der Waals surface area (Å²) in [5.41, 5.74) is 5.51. The Morgan fingerprint density at radius 1 is 1.60 bits per heavy atom. The van der Waals surface area contributed by atoms with Crippen molar-refractivity contribution in [2.45, 2.75) is 6.10 Å². The monoisotopic (exact) mass is 276 g/mol. The van der Waals surface area contributed by atoms with Gasteiger partial charge in [0.15, 0.2) is 6.10 Å². The number of carbonyl (C=O) groups is 1.